The van der Waals surface area contributed by atoms with Crippen molar-refractivity contribution in [2.24, 2.45) is 5.84 Å². The second-order valence-corrected chi connectivity index (χ2v) is 4.88. The van der Waals surface area contributed by atoms with E-state index < -0.39 is 0 Å². The maximum Gasteiger partial charge on any atom is 0.319 e. The number of urea groups is 1. The average molecular weight is 328 g/mol. The summed E-state index contributed by atoms with van der Waals surface area (Å²) in [4.78, 5) is 25.5. The van der Waals surface area contributed by atoms with Crippen molar-refractivity contribution in [3.8, 4) is 0 Å². The first-order valence-electron chi connectivity index (χ1n) is 7.10. The van der Waals surface area contributed by atoms with Crippen molar-refractivity contribution < 1.29 is 9.59 Å². The number of halogens is 1. The molecule has 7 nitrogen and oxygen atoms in total. The van der Waals surface area contributed by atoms with E-state index in [2.05, 4.69) is 21.0 Å². The van der Waals surface area contributed by atoms with Gasteiger partial charge >= 0.3 is 6.03 Å². The van der Waals surface area contributed by atoms with Crippen molar-refractivity contribution in [1.29, 1.82) is 0 Å². The number of nitrogens with zero attached hydrogens (tertiary/aromatic N) is 1. The molecule has 0 saturated carbocycles. The van der Waals surface area contributed by atoms with Gasteiger partial charge in [0.05, 0.1) is 11.4 Å². The first-order valence-corrected chi connectivity index (χ1v) is 7.10. The number of nitrogens with one attached hydrogen (secondary N) is 3. The van der Waals surface area contributed by atoms with Crippen molar-refractivity contribution >= 4 is 35.7 Å². The van der Waals surface area contributed by atoms with Gasteiger partial charge in [0.2, 0.25) is 0 Å². The van der Waals surface area contributed by atoms with Crippen molar-refractivity contribution in [3.63, 3.8) is 0 Å². The zero-order chi connectivity index (χ0) is 15.2. The number of hydrazine groups is 1. The number of hydrogen-bond donors (Lipinski definition) is 4. The molecule has 1 aromatic rings. The van der Waals surface area contributed by atoms with Crippen molar-refractivity contribution in [2.45, 2.75) is 19.8 Å². The summed E-state index contributed by atoms with van der Waals surface area (Å²) in [5.74, 6) is 4.83. The molecule has 0 atom stereocenters. The summed E-state index contributed by atoms with van der Waals surface area (Å²) in [5, 5.41) is 5.51. The van der Waals surface area contributed by atoms with Crippen molar-refractivity contribution in [2.75, 3.05) is 29.9 Å². The molecule has 8 heteroatoms. The molecule has 122 valence electrons. The molecule has 1 aliphatic heterocycles. The van der Waals surface area contributed by atoms with Crippen LogP contribution in [-0.2, 0) is 0 Å². The molecule has 0 aromatic heterocycles. The Labute approximate surface area is 136 Å². The summed E-state index contributed by atoms with van der Waals surface area (Å²) in [7, 11) is 0. The van der Waals surface area contributed by atoms with E-state index in [1.54, 1.807) is 18.2 Å². The molecule has 1 heterocycles. The predicted molar refractivity (Wildman–Crippen MR) is 89.5 cm³/mol. The number of benzene rings is 1. The Balaban J connectivity index is 0.00000242. The quantitative estimate of drug-likeness (QED) is 0.382. The standard InChI is InChI=1S/C14H21N5O2.ClH/c1-2-16-14(21)17-11-6-5-10(13(20)18-15)9-12(11)19-7-3-4-8-19;/h5-6,9H,2-4,7-8,15H2,1H3,(H,18,20)(H2,16,17,21);1H. The Kier molecular flexibility index (Phi) is 6.94. The summed E-state index contributed by atoms with van der Waals surface area (Å²) in [6.45, 7) is 4.24. The lowest BCUT2D eigenvalue weighted by Gasteiger charge is -2.22. The number of rotatable bonds is 4. The van der Waals surface area contributed by atoms with Gasteiger partial charge in [0.15, 0.2) is 0 Å². The molecule has 0 bridgehead atoms. The van der Waals surface area contributed by atoms with E-state index in [1.165, 1.54) is 0 Å². The Morgan fingerprint density at radius 2 is 1.95 bits per heavy atom. The van der Waals surface area contributed by atoms with Crippen molar-refractivity contribution in [3.05, 3.63) is 23.8 Å². The van der Waals surface area contributed by atoms with Gasteiger partial charge in [-0.15, -0.1) is 12.4 Å². The second-order valence-electron chi connectivity index (χ2n) is 4.88. The zero-order valence-electron chi connectivity index (χ0n) is 12.5. The maximum absolute atomic E-state index is 11.7. The third-order valence-electron chi connectivity index (χ3n) is 3.42. The van der Waals surface area contributed by atoms with Crippen molar-refractivity contribution in [1.82, 2.24) is 10.7 Å². The van der Waals surface area contributed by atoms with E-state index >= 15 is 0 Å². The van der Waals surface area contributed by atoms with Crippen LogP contribution in [0.3, 0.4) is 0 Å². The molecule has 2 rings (SSSR count). The summed E-state index contributed by atoms with van der Waals surface area (Å²) >= 11 is 0. The van der Waals surface area contributed by atoms with E-state index in [0.29, 0.717) is 17.8 Å². The van der Waals surface area contributed by atoms with Gasteiger partial charge in [-0.25, -0.2) is 10.6 Å². The second kappa shape index (κ2) is 8.45. The Morgan fingerprint density at radius 3 is 2.55 bits per heavy atom. The van der Waals surface area contributed by atoms with E-state index in [9.17, 15) is 9.59 Å². The van der Waals surface area contributed by atoms with Crippen LogP contribution < -0.4 is 26.8 Å². The molecule has 0 aliphatic carbocycles. The van der Waals surface area contributed by atoms with Gasteiger partial charge in [0, 0.05) is 25.2 Å². The molecular weight excluding hydrogens is 306 g/mol. The minimum Gasteiger partial charge on any atom is -0.370 e. The first-order chi connectivity index (χ1) is 10.2. The number of nitrogens with two attached hydrogens (primary N) is 1. The van der Waals surface area contributed by atoms with Gasteiger partial charge in [-0.05, 0) is 38.0 Å². The van der Waals surface area contributed by atoms with Gasteiger partial charge < -0.3 is 15.5 Å². The monoisotopic (exact) mass is 327 g/mol. The van der Waals surface area contributed by atoms with E-state index in [0.717, 1.165) is 31.6 Å². The molecule has 1 aromatic carbocycles. The summed E-state index contributed by atoms with van der Waals surface area (Å²) in [6, 6.07) is 4.88. The summed E-state index contributed by atoms with van der Waals surface area (Å²) in [6.07, 6.45) is 2.21. The number of nitrogen functional groups attached to an aromatic ring is 1. The van der Waals surface area contributed by atoms with Crippen LogP contribution in [-0.4, -0.2) is 31.6 Å². The van der Waals surface area contributed by atoms with Gasteiger partial charge in [0.1, 0.15) is 0 Å². The average Bonchev–Trinajstić information content (AvgIpc) is 3.01. The fourth-order valence-corrected chi connectivity index (χ4v) is 2.41. The number of hydrogen-bond acceptors (Lipinski definition) is 4. The largest absolute Gasteiger partial charge is 0.370 e. The van der Waals surface area contributed by atoms with Gasteiger partial charge in [-0.3, -0.25) is 10.2 Å². The highest BCUT2D eigenvalue weighted by molar-refractivity contribution is 5.98. The summed E-state index contributed by atoms with van der Waals surface area (Å²) < 4.78 is 0. The number of carbonyl (C=O) groups is 2. The van der Waals surface area contributed by atoms with Crippen LogP contribution in [0.15, 0.2) is 18.2 Å². The molecule has 1 saturated heterocycles. The van der Waals surface area contributed by atoms with Crippen LogP contribution in [0.4, 0.5) is 16.2 Å². The minimum atomic E-state index is -0.347. The van der Waals surface area contributed by atoms with Crippen LogP contribution >= 0.6 is 12.4 Å². The van der Waals surface area contributed by atoms with Crippen LogP contribution in [0.5, 0.6) is 0 Å². The van der Waals surface area contributed by atoms with E-state index in [1.807, 2.05) is 6.92 Å². The third-order valence-corrected chi connectivity index (χ3v) is 3.42. The molecule has 0 unspecified atom stereocenters. The molecule has 1 fully saturated rings. The number of amides is 3. The molecule has 22 heavy (non-hydrogen) atoms. The highest BCUT2D eigenvalue weighted by Crippen LogP contribution is 2.30. The smallest absolute Gasteiger partial charge is 0.319 e. The Morgan fingerprint density at radius 1 is 1.27 bits per heavy atom. The fraction of sp³-hybridized carbons (Fsp3) is 0.429. The van der Waals surface area contributed by atoms with E-state index in [4.69, 9.17) is 5.84 Å². The fourth-order valence-electron chi connectivity index (χ4n) is 2.41. The van der Waals surface area contributed by atoms with Gasteiger partial charge in [-0.2, -0.15) is 0 Å². The minimum absolute atomic E-state index is 0. The molecule has 5 N–H and O–H groups in total. The topological polar surface area (TPSA) is 99.5 Å². The number of anilines is 2. The van der Waals surface area contributed by atoms with Gasteiger partial charge in [-0.1, -0.05) is 0 Å². The highest BCUT2D eigenvalue weighted by atomic mass is 35.5. The summed E-state index contributed by atoms with van der Waals surface area (Å²) in [5.41, 5.74) is 4.13. The van der Waals surface area contributed by atoms with Crippen LogP contribution in [0.2, 0.25) is 0 Å². The van der Waals surface area contributed by atoms with Crippen LogP contribution in [0.1, 0.15) is 30.1 Å². The van der Waals surface area contributed by atoms with Crippen LogP contribution in [0.25, 0.3) is 0 Å². The normalized spacial score (nSPS) is 13.3. The molecular formula is C14H22ClN5O2. The lowest BCUT2D eigenvalue weighted by molar-refractivity contribution is 0.0953. The lowest BCUT2D eigenvalue weighted by Crippen LogP contribution is -2.31. The lowest BCUT2D eigenvalue weighted by atomic mass is 10.1. The first kappa shape index (κ1) is 18.1. The third kappa shape index (κ3) is 4.25. The molecule has 0 spiro atoms. The molecule has 3 amide bonds. The van der Waals surface area contributed by atoms with E-state index in [-0.39, 0.29) is 24.3 Å². The Hall–Kier alpha value is -1.99. The molecule has 1 aliphatic rings. The maximum atomic E-state index is 11.7. The number of carbonyl (C=O) groups excluding carboxylic acids is 2. The van der Waals surface area contributed by atoms with Gasteiger partial charge in [0.25, 0.3) is 5.91 Å². The molecule has 0 radical (unpaired) electrons. The Bertz CT molecular complexity index is 532. The highest BCUT2D eigenvalue weighted by Gasteiger charge is 2.18. The SMILES string of the molecule is CCNC(=O)Nc1ccc(C(=O)NN)cc1N1CCCC1.Cl. The predicted octanol–water partition coefficient (Wildman–Crippen LogP) is 1.45. The zero-order valence-corrected chi connectivity index (χ0v) is 13.3. The van der Waals surface area contributed by atoms with Crippen LogP contribution in [0, 0.1) is 0 Å².